The summed E-state index contributed by atoms with van der Waals surface area (Å²) < 4.78 is 55.0. The van der Waals surface area contributed by atoms with E-state index in [2.05, 4.69) is 4.74 Å². The quantitative estimate of drug-likeness (QED) is 0.733. The molecule has 19 heavy (non-hydrogen) atoms. The Hall–Kier alpha value is -0.860. The normalized spacial score (nSPS) is 32.1. The second kappa shape index (κ2) is 6.53. The van der Waals surface area contributed by atoms with Gasteiger partial charge in [-0.2, -0.15) is 0 Å². The summed E-state index contributed by atoms with van der Waals surface area (Å²) >= 11 is 0. The summed E-state index contributed by atoms with van der Waals surface area (Å²) in [7, 11) is 4.26. The monoisotopic (exact) mass is 286 g/mol. The highest BCUT2D eigenvalue weighted by molar-refractivity contribution is 5.73. The fourth-order valence-corrected chi connectivity index (χ4v) is 2.32. The number of halogens is 3. The van der Waals surface area contributed by atoms with Crippen molar-refractivity contribution in [2.45, 2.75) is 37.5 Å². The van der Waals surface area contributed by atoms with Crippen molar-refractivity contribution in [2.24, 2.45) is 5.92 Å². The summed E-state index contributed by atoms with van der Waals surface area (Å²) in [6.45, 7) is 0. The highest BCUT2D eigenvalue weighted by Crippen LogP contribution is 2.32. The lowest BCUT2D eigenvalue weighted by molar-refractivity contribution is -0.309. The van der Waals surface area contributed by atoms with Gasteiger partial charge >= 0.3 is 12.3 Å². The molecule has 1 rings (SSSR count). The highest BCUT2D eigenvalue weighted by atomic mass is 19.4. The van der Waals surface area contributed by atoms with Crippen LogP contribution in [-0.4, -0.2) is 52.0 Å². The summed E-state index contributed by atoms with van der Waals surface area (Å²) in [6, 6.07) is 0. The van der Waals surface area contributed by atoms with Gasteiger partial charge in [-0.3, -0.25) is 4.79 Å². The van der Waals surface area contributed by atoms with Crippen LogP contribution in [0.15, 0.2) is 0 Å². The van der Waals surface area contributed by atoms with Gasteiger partial charge in [0.25, 0.3) is 0 Å². The van der Waals surface area contributed by atoms with E-state index in [4.69, 9.17) is 14.2 Å². The Labute approximate surface area is 108 Å². The standard InChI is InChI=1S/C11H17F3O5/c1-16-7-4-6(10(15)19-11(12,13)14)5-8(17-2)9(7)18-3/h6-9H,4-5H2,1-3H3. The minimum absolute atomic E-state index is 0.101. The Morgan fingerprint density at radius 3 is 1.79 bits per heavy atom. The molecule has 112 valence electrons. The molecule has 2 unspecified atom stereocenters. The number of carbonyl (C=O) groups is 1. The molecule has 1 aliphatic carbocycles. The predicted molar refractivity (Wildman–Crippen MR) is 57.3 cm³/mol. The van der Waals surface area contributed by atoms with Crippen molar-refractivity contribution in [1.29, 1.82) is 0 Å². The summed E-state index contributed by atoms with van der Waals surface area (Å²) in [4.78, 5) is 11.4. The van der Waals surface area contributed by atoms with E-state index < -0.39 is 36.6 Å². The van der Waals surface area contributed by atoms with Gasteiger partial charge in [0, 0.05) is 21.3 Å². The number of ether oxygens (including phenoxy) is 4. The van der Waals surface area contributed by atoms with Gasteiger partial charge in [-0.25, -0.2) is 0 Å². The van der Waals surface area contributed by atoms with E-state index in [9.17, 15) is 18.0 Å². The third-order valence-electron chi connectivity index (χ3n) is 3.19. The maximum absolute atomic E-state index is 12.0. The molecule has 0 radical (unpaired) electrons. The van der Waals surface area contributed by atoms with Crippen LogP contribution >= 0.6 is 0 Å². The van der Waals surface area contributed by atoms with Crippen LogP contribution in [0.1, 0.15) is 12.8 Å². The Bertz CT molecular complexity index is 293. The van der Waals surface area contributed by atoms with Gasteiger partial charge in [-0.1, -0.05) is 0 Å². The van der Waals surface area contributed by atoms with E-state index in [1.54, 1.807) is 0 Å². The fraction of sp³-hybridized carbons (Fsp3) is 0.909. The number of rotatable bonds is 4. The third-order valence-corrected chi connectivity index (χ3v) is 3.19. The first-order valence-corrected chi connectivity index (χ1v) is 5.70. The second-order valence-electron chi connectivity index (χ2n) is 4.28. The van der Waals surface area contributed by atoms with Gasteiger partial charge < -0.3 is 18.9 Å². The van der Waals surface area contributed by atoms with E-state index in [0.717, 1.165) is 0 Å². The molecule has 0 amide bonds. The van der Waals surface area contributed by atoms with Crippen molar-refractivity contribution in [3.63, 3.8) is 0 Å². The van der Waals surface area contributed by atoms with Crippen molar-refractivity contribution in [1.82, 2.24) is 0 Å². The van der Waals surface area contributed by atoms with E-state index in [1.807, 2.05) is 0 Å². The predicted octanol–water partition coefficient (Wildman–Crippen LogP) is 1.50. The molecule has 0 N–H and O–H groups in total. The van der Waals surface area contributed by atoms with Gasteiger partial charge in [0.2, 0.25) is 0 Å². The molecular weight excluding hydrogens is 269 g/mol. The number of methoxy groups -OCH3 is 3. The second-order valence-corrected chi connectivity index (χ2v) is 4.28. The van der Waals surface area contributed by atoms with Crippen LogP contribution in [0.5, 0.6) is 0 Å². The third kappa shape index (κ3) is 4.32. The Morgan fingerprint density at radius 2 is 1.47 bits per heavy atom. The van der Waals surface area contributed by atoms with Gasteiger partial charge in [-0.15, -0.1) is 13.2 Å². The minimum Gasteiger partial charge on any atom is -0.379 e. The number of alkyl halides is 3. The lowest BCUT2D eigenvalue weighted by atomic mass is 9.83. The largest absolute Gasteiger partial charge is 0.575 e. The summed E-state index contributed by atoms with van der Waals surface area (Å²) in [6.07, 6.45) is -6.23. The molecule has 1 saturated carbocycles. The summed E-state index contributed by atoms with van der Waals surface area (Å²) in [5, 5.41) is 0. The lowest BCUT2D eigenvalue weighted by Gasteiger charge is -2.38. The van der Waals surface area contributed by atoms with Gasteiger partial charge in [0.05, 0.1) is 18.1 Å². The summed E-state index contributed by atoms with van der Waals surface area (Å²) in [5.74, 6) is -2.24. The van der Waals surface area contributed by atoms with E-state index >= 15 is 0 Å². The summed E-state index contributed by atoms with van der Waals surface area (Å²) in [5.41, 5.74) is 0. The number of hydrogen-bond donors (Lipinski definition) is 0. The molecular formula is C11H17F3O5. The van der Waals surface area contributed by atoms with Crippen molar-refractivity contribution >= 4 is 5.97 Å². The molecule has 0 spiro atoms. The topological polar surface area (TPSA) is 54.0 Å². The molecule has 0 aromatic rings. The highest BCUT2D eigenvalue weighted by Gasteiger charge is 2.44. The molecule has 8 heteroatoms. The first-order chi connectivity index (χ1) is 8.82. The zero-order valence-electron chi connectivity index (χ0n) is 10.9. The number of hydrogen-bond acceptors (Lipinski definition) is 5. The zero-order valence-corrected chi connectivity index (χ0v) is 10.9. The number of esters is 1. The van der Waals surface area contributed by atoms with Crippen LogP contribution in [-0.2, 0) is 23.7 Å². The Kier molecular flexibility index (Phi) is 5.57. The van der Waals surface area contributed by atoms with Crippen LogP contribution in [0.2, 0.25) is 0 Å². The lowest BCUT2D eigenvalue weighted by Crippen LogP contribution is -2.49. The van der Waals surface area contributed by atoms with Crippen LogP contribution in [0.3, 0.4) is 0 Å². The molecule has 2 atom stereocenters. The maximum Gasteiger partial charge on any atom is 0.575 e. The molecule has 1 fully saturated rings. The molecule has 0 aliphatic heterocycles. The smallest absolute Gasteiger partial charge is 0.379 e. The van der Waals surface area contributed by atoms with Crippen LogP contribution in [0.4, 0.5) is 13.2 Å². The van der Waals surface area contributed by atoms with Gasteiger partial charge in [0.1, 0.15) is 6.10 Å². The Morgan fingerprint density at radius 1 is 1.00 bits per heavy atom. The zero-order chi connectivity index (χ0) is 14.6. The SMILES string of the molecule is COC1CC(C(=O)OC(F)(F)F)CC(OC)C1OC. The van der Waals surface area contributed by atoms with Crippen LogP contribution in [0.25, 0.3) is 0 Å². The molecule has 0 saturated heterocycles. The molecule has 1 aliphatic rings. The molecule has 5 nitrogen and oxygen atoms in total. The molecule has 0 aromatic heterocycles. The van der Waals surface area contributed by atoms with Crippen molar-refractivity contribution in [2.75, 3.05) is 21.3 Å². The van der Waals surface area contributed by atoms with Crippen molar-refractivity contribution < 1.29 is 36.9 Å². The average molecular weight is 286 g/mol. The number of carbonyl (C=O) groups excluding carboxylic acids is 1. The van der Waals surface area contributed by atoms with Gasteiger partial charge in [0.15, 0.2) is 0 Å². The van der Waals surface area contributed by atoms with Crippen LogP contribution in [0, 0.1) is 5.92 Å². The molecule has 0 bridgehead atoms. The van der Waals surface area contributed by atoms with Gasteiger partial charge in [-0.05, 0) is 12.8 Å². The first kappa shape index (κ1) is 16.2. The first-order valence-electron chi connectivity index (χ1n) is 5.70. The van der Waals surface area contributed by atoms with E-state index in [-0.39, 0.29) is 12.8 Å². The van der Waals surface area contributed by atoms with Crippen molar-refractivity contribution in [3.8, 4) is 0 Å². The van der Waals surface area contributed by atoms with Crippen molar-refractivity contribution in [3.05, 3.63) is 0 Å². The van der Waals surface area contributed by atoms with E-state index in [1.165, 1.54) is 21.3 Å². The minimum atomic E-state index is -4.97. The molecule has 0 aromatic carbocycles. The average Bonchev–Trinajstić information content (AvgIpc) is 2.34. The fourth-order valence-electron chi connectivity index (χ4n) is 2.32. The molecule has 0 heterocycles. The maximum atomic E-state index is 12.0. The Balaban J connectivity index is 2.74. The van der Waals surface area contributed by atoms with Crippen LogP contribution < -0.4 is 0 Å². The van der Waals surface area contributed by atoms with E-state index in [0.29, 0.717) is 0 Å².